The van der Waals surface area contributed by atoms with E-state index < -0.39 is 5.97 Å². The van der Waals surface area contributed by atoms with Gasteiger partial charge in [0.15, 0.2) is 0 Å². The second kappa shape index (κ2) is 6.51. The van der Waals surface area contributed by atoms with Gasteiger partial charge in [0, 0.05) is 18.5 Å². The largest absolute Gasteiger partial charge is 0.477 e. The first-order valence-corrected chi connectivity index (χ1v) is 6.55. The lowest BCUT2D eigenvalue weighted by Crippen LogP contribution is -2.35. The van der Waals surface area contributed by atoms with E-state index in [4.69, 9.17) is 5.11 Å². The van der Waals surface area contributed by atoms with Crippen LogP contribution in [0.3, 0.4) is 0 Å². The highest BCUT2D eigenvalue weighted by Crippen LogP contribution is 2.22. The Morgan fingerprint density at radius 3 is 2.61 bits per heavy atom. The summed E-state index contributed by atoms with van der Waals surface area (Å²) in [5.41, 5.74) is 0.975. The van der Waals surface area contributed by atoms with Crippen molar-refractivity contribution >= 4 is 23.2 Å². The van der Waals surface area contributed by atoms with Crippen LogP contribution in [-0.2, 0) is 11.3 Å². The van der Waals surface area contributed by atoms with Gasteiger partial charge in [-0.15, -0.1) is 11.3 Å². The molecule has 0 aliphatic carbocycles. The zero-order valence-electron chi connectivity index (χ0n) is 10.8. The van der Waals surface area contributed by atoms with E-state index in [1.54, 1.807) is 13.1 Å². The third-order valence-electron chi connectivity index (χ3n) is 2.72. The summed E-state index contributed by atoms with van der Waals surface area (Å²) in [5, 5.41) is 11.5. The van der Waals surface area contributed by atoms with Crippen LogP contribution in [-0.4, -0.2) is 42.0 Å². The first-order chi connectivity index (χ1) is 8.47. The van der Waals surface area contributed by atoms with Crippen LogP contribution in [0.15, 0.2) is 6.07 Å². The van der Waals surface area contributed by atoms with Crippen molar-refractivity contribution in [1.29, 1.82) is 0 Å². The number of carbonyl (C=O) groups excluding carboxylic acids is 1. The molecule has 0 aromatic carbocycles. The van der Waals surface area contributed by atoms with Crippen LogP contribution in [0.4, 0.5) is 0 Å². The van der Waals surface area contributed by atoms with Gasteiger partial charge in [0.2, 0.25) is 5.91 Å². The zero-order chi connectivity index (χ0) is 13.7. The Bertz CT molecular complexity index is 443. The molecule has 5 nitrogen and oxygen atoms in total. The van der Waals surface area contributed by atoms with Crippen LogP contribution in [0.1, 0.15) is 27.0 Å². The van der Waals surface area contributed by atoms with Crippen LogP contribution in [0, 0.1) is 6.92 Å². The monoisotopic (exact) mass is 270 g/mol. The second-order valence-corrected chi connectivity index (χ2v) is 5.23. The zero-order valence-corrected chi connectivity index (χ0v) is 11.6. The maximum absolute atomic E-state index is 11.3. The van der Waals surface area contributed by atoms with E-state index in [9.17, 15) is 9.59 Å². The fourth-order valence-corrected chi connectivity index (χ4v) is 2.46. The summed E-state index contributed by atoms with van der Waals surface area (Å²) in [6.07, 6.45) is 0. The van der Waals surface area contributed by atoms with Crippen molar-refractivity contribution in [3.63, 3.8) is 0 Å². The third kappa shape index (κ3) is 3.82. The van der Waals surface area contributed by atoms with Crippen molar-refractivity contribution in [2.24, 2.45) is 0 Å². The van der Waals surface area contributed by atoms with Gasteiger partial charge in [0.25, 0.3) is 0 Å². The maximum Gasteiger partial charge on any atom is 0.345 e. The molecule has 0 saturated carbocycles. The molecule has 0 bridgehead atoms. The number of rotatable bonds is 6. The van der Waals surface area contributed by atoms with Crippen molar-refractivity contribution in [3.8, 4) is 0 Å². The van der Waals surface area contributed by atoms with E-state index in [0.29, 0.717) is 18.0 Å². The average molecular weight is 270 g/mol. The summed E-state index contributed by atoms with van der Waals surface area (Å²) >= 11 is 1.27. The molecule has 6 heteroatoms. The van der Waals surface area contributed by atoms with Crippen molar-refractivity contribution in [2.75, 3.05) is 20.1 Å². The van der Waals surface area contributed by atoms with E-state index in [-0.39, 0.29) is 5.91 Å². The Morgan fingerprint density at radius 1 is 1.50 bits per heavy atom. The van der Waals surface area contributed by atoms with Crippen LogP contribution in [0.5, 0.6) is 0 Å². The highest BCUT2D eigenvalue weighted by Gasteiger charge is 2.14. The van der Waals surface area contributed by atoms with Crippen LogP contribution < -0.4 is 5.32 Å². The summed E-state index contributed by atoms with van der Waals surface area (Å²) in [6.45, 7) is 5.54. The standard InChI is InChI=1S/C12H18N2O3S/c1-4-14(7-11(15)13-3)6-9-5-10(12(16)17)18-8(9)2/h5H,4,6-7H2,1-3H3,(H,13,15)(H,16,17). The van der Waals surface area contributed by atoms with Gasteiger partial charge in [0.1, 0.15) is 4.88 Å². The van der Waals surface area contributed by atoms with E-state index >= 15 is 0 Å². The van der Waals surface area contributed by atoms with Crippen molar-refractivity contribution < 1.29 is 14.7 Å². The predicted octanol–water partition coefficient (Wildman–Crippen LogP) is 1.32. The van der Waals surface area contributed by atoms with E-state index in [0.717, 1.165) is 17.0 Å². The molecule has 1 rings (SSSR count). The van der Waals surface area contributed by atoms with Gasteiger partial charge in [-0.05, 0) is 25.1 Å². The lowest BCUT2D eigenvalue weighted by Gasteiger charge is -2.19. The molecule has 1 aromatic rings. The summed E-state index contributed by atoms with van der Waals surface area (Å²) in [6, 6.07) is 1.69. The fourth-order valence-electron chi connectivity index (χ4n) is 1.58. The molecule has 0 aliphatic rings. The number of carboxylic acids is 1. The number of nitrogens with zero attached hydrogens (tertiary/aromatic N) is 1. The first kappa shape index (κ1) is 14.7. The number of hydrogen-bond donors (Lipinski definition) is 2. The minimum absolute atomic E-state index is 0.0387. The SMILES string of the molecule is CCN(CC(=O)NC)Cc1cc(C(=O)O)sc1C. The number of carbonyl (C=O) groups is 2. The van der Waals surface area contributed by atoms with Gasteiger partial charge in [-0.3, -0.25) is 9.69 Å². The summed E-state index contributed by atoms with van der Waals surface area (Å²) in [4.78, 5) is 25.5. The molecule has 1 heterocycles. The van der Waals surface area contributed by atoms with Gasteiger partial charge in [-0.1, -0.05) is 6.92 Å². The number of hydrogen-bond acceptors (Lipinski definition) is 4. The number of amides is 1. The molecule has 1 amide bonds. The maximum atomic E-state index is 11.3. The molecule has 0 saturated heterocycles. The Kier molecular flexibility index (Phi) is 5.30. The van der Waals surface area contributed by atoms with Crippen LogP contribution in [0.25, 0.3) is 0 Å². The molecule has 18 heavy (non-hydrogen) atoms. The predicted molar refractivity (Wildman–Crippen MR) is 71.0 cm³/mol. The number of nitrogens with one attached hydrogen (secondary N) is 1. The molecule has 0 unspecified atom stereocenters. The van der Waals surface area contributed by atoms with Gasteiger partial charge >= 0.3 is 5.97 Å². The van der Waals surface area contributed by atoms with Crippen molar-refractivity contribution in [3.05, 3.63) is 21.4 Å². The van der Waals surface area contributed by atoms with Crippen LogP contribution in [0.2, 0.25) is 0 Å². The van der Waals surface area contributed by atoms with E-state index in [2.05, 4.69) is 5.32 Å². The normalized spacial score (nSPS) is 10.7. The molecule has 100 valence electrons. The number of carboxylic acid groups (broad SMARTS) is 1. The quantitative estimate of drug-likeness (QED) is 0.818. The third-order valence-corrected chi connectivity index (χ3v) is 3.80. The topological polar surface area (TPSA) is 69.6 Å². The molecule has 0 radical (unpaired) electrons. The van der Waals surface area contributed by atoms with Gasteiger partial charge < -0.3 is 10.4 Å². The summed E-state index contributed by atoms with van der Waals surface area (Å²) in [7, 11) is 1.61. The van der Waals surface area contributed by atoms with Gasteiger partial charge in [-0.2, -0.15) is 0 Å². The molecule has 0 fully saturated rings. The highest BCUT2D eigenvalue weighted by atomic mass is 32.1. The lowest BCUT2D eigenvalue weighted by atomic mass is 10.2. The summed E-state index contributed by atoms with van der Waals surface area (Å²) < 4.78 is 0. The Hall–Kier alpha value is -1.40. The van der Waals surface area contributed by atoms with Gasteiger partial charge in [0.05, 0.1) is 6.54 Å². The molecule has 1 aromatic heterocycles. The van der Waals surface area contributed by atoms with E-state index in [1.165, 1.54) is 11.3 Å². The van der Waals surface area contributed by atoms with E-state index in [1.807, 2.05) is 18.7 Å². The Balaban J connectivity index is 2.75. The molecule has 2 N–H and O–H groups in total. The minimum Gasteiger partial charge on any atom is -0.477 e. The number of thiophene rings is 1. The highest BCUT2D eigenvalue weighted by molar-refractivity contribution is 7.14. The second-order valence-electron chi connectivity index (χ2n) is 3.97. The minimum atomic E-state index is -0.899. The van der Waals surface area contributed by atoms with Crippen molar-refractivity contribution in [1.82, 2.24) is 10.2 Å². The molecule has 0 aliphatic heterocycles. The Morgan fingerprint density at radius 2 is 2.17 bits per heavy atom. The Labute approximate surface area is 110 Å². The van der Waals surface area contributed by atoms with Crippen molar-refractivity contribution in [2.45, 2.75) is 20.4 Å². The summed E-state index contributed by atoms with van der Waals surface area (Å²) in [5.74, 6) is -0.938. The van der Waals surface area contributed by atoms with Gasteiger partial charge in [-0.25, -0.2) is 4.79 Å². The lowest BCUT2D eigenvalue weighted by molar-refractivity contribution is -0.121. The van der Waals surface area contributed by atoms with Crippen LogP contribution >= 0.6 is 11.3 Å². The first-order valence-electron chi connectivity index (χ1n) is 5.73. The fraction of sp³-hybridized carbons (Fsp3) is 0.500. The molecular formula is C12H18N2O3S. The smallest absolute Gasteiger partial charge is 0.345 e. The molecular weight excluding hydrogens is 252 g/mol. The number of likely N-dealkylation sites (N-methyl/N-ethyl adjacent to an activating group) is 2. The number of aryl methyl sites for hydroxylation is 1. The average Bonchev–Trinajstić information content (AvgIpc) is 2.70. The molecule has 0 spiro atoms. The molecule has 0 atom stereocenters. The number of aromatic carboxylic acids is 1.